The molecule has 64 valence electrons. The molecule has 0 spiro atoms. The topological polar surface area (TPSA) is 68.9 Å². The van der Waals surface area contributed by atoms with E-state index in [0.29, 0.717) is 11.4 Å². The average molecular weight is 188 g/mol. The first-order chi connectivity index (χ1) is 5.52. The van der Waals surface area contributed by atoms with Crippen molar-refractivity contribution in [1.29, 1.82) is 0 Å². The van der Waals surface area contributed by atoms with Gasteiger partial charge in [0, 0.05) is 6.92 Å². The largest absolute Gasteiger partial charge is 0.401 e. The van der Waals surface area contributed by atoms with Crippen LogP contribution in [0, 0.1) is 24.0 Å². The number of aromatic nitrogens is 2. The van der Waals surface area contributed by atoms with Crippen molar-refractivity contribution in [2.75, 3.05) is 0 Å². The van der Waals surface area contributed by atoms with E-state index < -0.39 is 4.92 Å². The van der Waals surface area contributed by atoms with Crippen LogP contribution in [-0.2, 0) is 0 Å². The Hall–Kier alpha value is -1.23. The Morgan fingerprint density at radius 1 is 1.33 bits per heavy atom. The molecule has 0 bridgehead atoms. The lowest BCUT2D eigenvalue weighted by atomic mass is 10.3. The van der Waals surface area contributed by atoms with Crippen molar-refractivity contribution in [3.05, 3.63) is 26.7 Å². The van der Waals surface area contributed by atoms with Gasteiger partial charge in [0.2, 0.25) is 5.15 Å². The van der Waals surface area contributed by atoms with Crippen LogP contribution in [0.5, 0.6) is 0 Å². The second-order valence-electron chi connectivity index (χ2n) is 2.27. The summed E-state index contributed by atoms with van der Waals surface area (Å²) in [5, 5.41) is 10.1. The van der Waals surface area contributed by atoms with Gasteiger partial charge >= 0.3 is 5.82 Å². The fraction of sp³-hybridized carbons (Fsp3) is 0.333. The predicted octanol–water partition coefficient (Wildman–Crippen LogP) is 1.66. The second kappa shape index (κ2) is 3.02. The van der Waals surface area contributed by atoms with Crippen molar-refractivity contribution in [2.24, 2.45) is 0 Å². The summed E-state index contributed by atoms with van der Waals surface area (Å²) < 4.78 is 0. The fourth-order valence-corrected chi connectivity index (χ4v) is 0.918. The fourth-order valence-electron chi connectivity index (χ4n) is 0.680. The van der Waals surface area contributed by atoms with Crippen molar-refractivity contribution in [1.82, 2.24) is 9.97 Å². The molecule has 0 amide bonds. The summed E-state index contributed by atoms with van der Waals surface area (Å²) in [6.07, 6.45) is 0. The van der Waals surface area contributed by atoms with E-state index in [4.69, 9.17) is 11.6 Å². The van der Waals surface area contributed by atoms with Gasteiger partial charge in [-0.15, -0.1) is 0 Å². The summed E-state index contributed by atoms with van der Waals surface area (Å²) >= 11 is 5.48. The van der Waals surface area contributed by atoms with Gasteiger partial charge in [-0.2, -0.15) is 0 Å². The smallest absolute Gasteiger partial charge is 0.358 e. The van der Waals surface area contributed by atoms with Crippen LogP contribution in [0.1, 0.15) is 11.4 Å². The molecule has 6 heteroatoms. The molecular weight excluding hydrogens is 182 g/mol. The number of halogens is 1. The zero-order valence-corrected chi connectivity index (χ0v) is 7.29. The third-order valence-electron chi connectivity index (χ3n) is 1.42. The van der Waals surface area contributed by atoms with Crippen LogP contribution >= 0.6 is 11.6 Å². The first-order valence-corrected chi connectivity index (χ1v) is 3.55. The molecule has 1 heterocycles. The minimum Gasteiger partial charge on any atom is -0.358 e. The van der Waals surface area contributed by atoms with Crippen molar-refractivity contribution in [3.63, 3.8) is 0 Å². The molecule has 0 aromatic carbocycles. The van der Waals surface area contributed by atoms with Gasteiger partial charge in [-0.05, 0) is 16.8 Å². The van der Waals surface area contributed by atoms with E-state index in [2.05, 4.69) is 9.97 Å². The highest BCUT2D eigenvalue weighted by Crippen LogP contribution is 2.19. The lowest BCUT2D eigenvalue weighted by Gasteiger charge is -1.96. The molecule has 0 saturated heterocycles. The first-order valence-electron chi connectivity index (χ1n) is 3.17. The van der Waals surface area contributed by atoms with Gasteiger partial charge in [0.15, 0.2) is 5.69 Å². The lowest BCUT2D eigenvalue weighted by molar-refractivity contribution is -0.389. The zero-order chi connectivity index (χ0) is 9.30. The molecule has 1 rings (SSSR count). The lowest BCUT2D eigenvalue weighted by Crippen LogP contribution is -1.99. The van der Waals surface area contributed by atoms with E-state index >= 15 is 0 Å². The number of aryl methyl sites for hydroxylation is 2. The minimum absolute atomic E-state index is 0.164. The zero-order valence-electron chi connectivity index (χ0n) is 6.54. The number of nitrogens with zero attached hydrogens (tertiary/aromatic N) is 3. The maximum absolute atomic E-state index is 10.3. The molecule has 0 aliphatic carbocycles. The van der Waals surface area contributed by atoms with Crippen LogP contribution < -0.4 is 0 Å². The Morgan fingerprint density at radius 3 is 2.33 bits per heavy atom. The van der Waals surface area contributed by atoms with Gasteiger partial charge in [-0.3, -0.25) is 0 Å². The molecule has 0 aliphatic heterocycles. The molecule has 12 heavy (non-hydrogen) atoms. The molecule has 0 radical (unpaired) electrons. The summed E-state index contributed by atoms with van der Waals surface area (Å²) in [5.74, 6) is -0.389. The van der Waals surface area contributed by atoms with Crippen LogP contribution in [-0.4, -0.2) is 14.9 Å². The average Bonchev–Trinajstić information content (AvgIpc) is 1.96. The Bertz CT molecular complexity index is 340. The molecule has 0 aliphatic rings. The van der Waals surface area contributed by atoms with Crippen LogP contribution in [0.25, 0.3) is 0 Å². The van der Waals surface area contributed by atoms with Gasteiger partial charge in [0.25, 0.3) is 0 Å². The number of rotatable bonds is 1. The quantitative estimate of drug-likeness (QED) is 0.495. The third kappa shape index (κ3) is 1.50. The Balaban J connectivity index is 3.33. The Kier molecular flexibility index (Phi) is 2.23. The van der Waals surface area contributed by atoms with Crippen LogP contribution in [0.15, 0.2) is 0 Å². The predicted molar refractivity (Wildman–Crippen MR) is 43.2 cm³/mol. The molecule has 0 saturated carbocycles. The molecule has 1 aromatic heterocycles. The van der Waals surface area contributed by atoms with Gasteiger partial charge in [-0.25, -0.2) is 4.98 Å². The summed E-state index contributed by atoms with van der Waals surface area (Å²) in [6, 6.07) is 0. The van der Waals surface area contributed by atoms with Crippen LogP contribution in [0.2, 0.25) is 5.15 Å². The molecule has 0 N–H and O–H groups in total. The summed E-state index contributed by atoms with van der Waals surface area (Å²) in [7, 11) is 0. The molecular formula is C6H6ClN3O2. The van der Waals surface area contributed by atoms with Crippen LogP contribution in [0.4, 0.5) is 5.82 Å². The minimum atomic E-state index is -0.651. The Labute approximate surface area is 73.6 Å². The Morgan fingerprint density at radius 2 is 1.83 bits per heavy atom. The van der Waals surface area contributed by atoms with E-state index in [1.807, 2.05) is 0 Å². The van der Waals surface area contributed by atoms with Crippen molar-refractivity contribution < 1.29 is 4.92 Å². The highest BCUT2D eigenvalue weighted by Gasteiger charge is 2.17. The van der Waals surface area contributed by atoms with Gasteiger partial charge in [0.05, 0.1) is 5.69 Å². The van der Waals surface area contributed by atoms with Gasteiger partial charge in [-0.1, -0.05) is 11.6 Å². The van der Waals surface area contributed by atoms with Crippen molar-refractivity contribution in [2.45, 2.75) is 13.8 Å². The third-order valence-corrected chi connectivity index (χ3v) is 1.67. The summed E-state index contributed by atoms with van der Waals surface area (Å²) in [6.45, 7) is 3.34. The van der Waals surface area contributed by atoms with E-state index in [1.165, 1.54) is 0 Å². The van der Waals surface area contributed by atoms with Crippen molar-refractivity contribution >= 4 is 17.4 Å². The number of nitro groups is 1. The first kappa shape index (κ1) is 8.86. The molecule has 1 aromatic rings. The van der Waals surface area contributed by atoms with E-state index in [0.717, 1.165) is 0 Å². The molecule has 0 unspecified atom stereocenters. The van der Waals surface area contributed by atoms with Gasteiger partial charge < -0.3 is 10.1 Å². The SMILES string of the molecule is Cc1nc(Cl)c([N+](=O)[O-])nc1C. The number of hydrogen-bond donors (Lipinski definition) is 0. The van der Waals surface area contributed by atoms with E-state index in [9.17, 15) is 10.1 Å². The monoisotopic (exact) mass is 187 g/mol. The summed E-state index contributed by atoms with van der Waals surface area (Å²) in [5.41, 5.74) is 1.12. The highest BCUT2D eigenvalue weighted by atomic mass is 35.5. The highest BCUT2D eigenvalue weighted by molar-refractivity contribution is 6.31. The van der Waals surface area contributed by atoms with E-state index in [1.54, 1.807) is 13.8 Å². The van der Waals surface area contributed by atoms with Crippen molar-refractivity contribution in [3.8, 4) is 0 Å². The molecule has 0 atom stereocenters. The standard InChI is InChI=1S/C6H6ClN3O2/c1-3-4(2)9-6(10(11)12)5(7)8-3/h1-2H3. The molecule has 5 nitrogen and oxygen atoms in total. The van der Waals surface area contributed by atoms with E-state index in [-0.39, 0.29) is 11.0 Å². The maximum atomic E-state index is 10.3. The normalized spacial score (nSPS) is 9.92. The molecule has 0 fully saturated rings. The second-order valence-corrected chi connectivity index (χ2v) is 2.62. The van der Waals surface area contributed by atoms with Gasteiger partial charge in [0.1, 0.15) is 0 Å². The van der Waals surface area contributed by atoms with Crippen LogP contribution in [0.3, 0.4) is 0 Å². The number of hydrogen-bond acceptors (Lipinski definition) is 4. The summed E-state index contributed by atoms with van der Waals surface area (Å²) in [4.78, 5) is 17.1. The maximum Gasteiger partial charge on any atom is 0.401 e.